The van der Waals surface area contributed by atoms with E-state index in [1.54, 1.807) is 7.11 Å². The largest absolute Gasteiger partial charge is 0.385 e. The number of benzene rings is 1. The molecule has 1 unspecified atom stereocenters. The number of hydrogen-bond acceptors (Lipinski definition) is 3. The standard InChI is InChI=1S/C18H27N3O/c1-15(21-14-19-17-5-3-4-6-18(17)21)13-20-10-7-16(8-11-20)9-12-22-2/h3-6,14-16H,7-13H2,1-2H3. The van der Waals surface area contributed by atoms with Gasteiger partial charge in [0, 0.05) is 26.3 Å². The first kappa shape index (κ1) is 15.5. The van der Waals surface area contributed by atoms with Crippen LogP contribution in [0.2, 0.25) is 0 Å². The van der Waals surface area contributed by atoms with Crippen LogP contribution in [-0.2, 0) is 4.74 Å². The Hall–Kier alpha value is -1.39. The van der Waals surface area contributed by atoms with Crippen molar-refractivity contribution in [3.8, 4) is 0 Å². The van der Waals surface area contributed by atoms with Gasteiger partial charge in [-0.1, -0.05) is 12.1 Å². The number of aromatic nitrogens is 2. The summed E-state index contributed by atoms with van der Waals surface area (Å²) in [5.74, 6) is 0.848. The van der Waals surface area contributed by atoms with Crippen molar-refractivity contribution in [3.05, 3.63) is 30.6 Å². The van der Waals surface area contributed by atoms with E-state index in [4.69, 9.17) is 4.74 Å². The van der Waals surface area contributed by atoms with Crippen LogP contribution in [0.25, 0.3) is 11.0 Å². The molecule has 4 nitrogen and oxygen atoms in total. The van der Waals surface area contributed by atoms with Gasteiger partial charge in [0.05, 0.1) is 17.4 Å². The zero-order valence-corrected chi connectivity index (χ0v) is 13.7. The van der Waals surface area contributed by atoms with Crippen molar-refractivity contribution in [2.45, 2.75) is 32.2 Å². The van der Waals surface area contributed by atoms with Crippen molar-refractivity contribution in [2.75, 3.05) is 33.4 Å². The molecule has 22 heavy (non-hydrogen) atoms. The summed E-state index contributed by atoms with van der Waals surface area (Å²) in [6.07, 6.45) is 5.81. The Bertz CT molecular complexity index is 587. The summed E-state index contributed by atoms with van der Waals surface area (Å²) in [5, 5.41) is 0. The number of hydrogen-bond donors (Lipinski definition) is 0. The first-order valence-electron chi connectivity index (χ1n) is 8.41. The van der Waals surface area contributed by atoms with Gasteiger partial charge in [0.15, 0.2) is 0 Å². The molecule has 1 aliphatic heterocycles. The summed E-state index contributed by atoms with van der Waals surface area (Å²) < 4.78 is 7.51. The molecular formula is C18H27N3O. The minimum absolute atomic E-state index is 0.461. The number of likely N-dealkylation sites (tertiary alicyclic amines) is 1. The lowest BCUT2D eigenvalue weighted by Gasteiger charge is -2.33. The van der Waals surface area contributed by atoms with Crippen molar-refractivity contribution in [3.63, 3.8) is 0 Å². The molecule has 120 valence electrons. The van der Waals surface area contributed by atoms with Gasteiger partial charge in [-0.3, -0.25) is 0 Å². The highest BCUT2D eigenvalue weighted by atomic mass is 16.5. The van der Waals surface area contributed by atoms with E-state index in [1.165, 1.54) is 37.9 Å². The molecular weight excluding hydrogens is 274 g/mol. The molecule has 0 radical (unpaired) electrons. The van der Waals surface area contributed by atoms with Gasteiger partial charge in [0.1, 0.15) is 0 Å². The van der Waals surface area contributed by atoms with E-state index >= 15 is 0 Å². The van der Waals surface area contributed by atoms with Crippen molar-refractivity contribution in [1.82, 2.24) is 14.5 Å². The van der Waals surface area contributed by atoms with Crippen LogP contribution in [0.3, 0.4) is 0 Å². The molecule has 3 rings (SSSR count). The lowest BCUT2D eigenvalue weighted by molar-refractivity contribution is 0.128. The zero-order chi connectivity index (χ0) is 15.4. The second-order valence-corrected chi connectivity index (χ2v) is 6.52. The Balaban J connectivity index is 1.55. The fraction of sp³-hybridized carbons (Fsp3) is 0.611. The Morgan fingerprint density at radius 2 is 2.05 bits per heavy atom. The molecule has 1 aromatic heterocycles. The van der Waals surface area contributed by atoms with Gasteiger partial charge in [0.25, 0.3) is 0 Å². The third-order valence-electron chi connectivity index (χ3n) is 4.92. The van der Waals surface area contributed by atoms with Gasteiger partial charge in [-0.2, -0.15) is 0 Å². The van der Waals surface area contributed by atoms with Crippen LogP contribution in [0, 0.1) is 5.92 Å². The van der Waals surface area contributed by atoms with Crippen molar-refractivity contribution < 1.29 is 4.74 Å². The highest BCUT2D eigenvalue weighted by molar-refractivity contribution is 5.75. The second kappa shape index (κ2) is 7.25. The van der Waals surface area contributed by atoms with Gasteiger partial charge in [0.2, 0.25) is 0 Å². The number of para-hydroxylation sites is 2. The summed E-state index contributed by atoms with van der Waals surface area (Å²) in [6.45, 7) is 6.74. The fourth-order valence-electron chi connectivity index (χ4n) is 3.53. The monoisotopic (exact) mass is 301 g/mol. The summed E-state index contributed by atoms with van der Waals surface area (Å²) in [6, 6.07) is 8.85. The molecule has 0 amide bonds. The van der Waals surface area contributed by atoms with Crippen LogP contribution in [0.5, 0.6) is 0 Å². The quantitative estimate of drug-likeness (QED) is 0.819. The minimum atomic E-state index is 0.461. The Morgan fingerprint density at radius 3 is 2.82 bits per heavy atom. The molecule has 1 aliphatic rings. The first-order chi connectivity index (χ1) is 10.8. The fourth-order valence-corrected chi connectivity index (χ4v) is 3.53. The average molecular weight is 301 g/mol. The molecule has 2 heterocycles. The molecule has 0 aliphatic carbocycles. The average Bonchev–Trinajstić information content (AvgIpc) is 2.98. The summed E-state index contributed by atoms with van der Waals surface area (Å²) in [7, 11) is 1.80. The van der Waals surface area contributed by atoms with Gasteiger partial charge < -0.3 is 14.2 Å². The Morgan fingerprint density at radius 1 is 1.27 bits per heavy atom. The maximum Gasteiger partial charge on any atom is 0.0961 e. The van der Waals surface area contributed by atoms with Crippen LogP contribution in [0.1, 0.15) is 32.2 Å². The van der Waals surface area contributed by atoms with Crippen LogP contribution in [0.4, 0.5) is 0 Å². The SMILES string of the molecule is COCCC1CCN(CC(C)n2cnc3ccccc32)CC1. The van der Waals surface area contributed by atoms with E-state index in [-0.39, 0.29) is 0 Å². The molecule has 0 spiro atoms. The maximum absolute atomic E-state index is 5.20. The van der Waals surface area contributed by atoms with Crippen LogP contribution in [0.15, 0.2) is 30.6 Å². The Kier molecular flexibility index (Phi) is 5.11. The number of piperidine rings is 1. The van der Waals surface area contributed by atoms with Crippen molar-refractivity contribution >= 4 is 11.0 Å². The number of nitrogens with zero attached hydrogens (tertiary/aromatic N) is 3. The summed E-state index contributed by atoms with van der Waals surface area (Å²) >= 11 is 0. The van der Waals surface area contributed by atoms with E-state index in [9.17, 15) is 0 Å². The van der Waals surface area contributed by atoms with Crippen molar-refractivity contribution in [1.29, 1.82) is 0 Å². The van der Waals surface area contributed by atoms with E-state index in [2.05, 4.69) is 45.6 Å². The lowest BCUT2D eigenvalue weighted by atomic mass is 9.94. The van der Waals surface area contributed by atoms with Gasteiger partial charge >= 0.3 is 0 Å². The zero-order valence-electron chi connectivity index (χ0n) is 13.7. The molecule has 0 saturated carbocycles. The smallest absolute Gasteiger partial charge is 0.0961 e. The van der Waals surface area contributed by atoms with Crippen LogP contribution in [-0.4, -0.2) is 47.8 Å². The predicted octanol–water partition coefficient (Wildman–Crippen LogP) is 3.35. The van der Waals surface area contributed by atoms with E-state index in [1.807, 2.05) is 6.33 Å². The van der Waals surface area contributed by atoms with E-state index in [0.29, 0.717) is 6.04 Å². The number of ether oxygens (including phenoxy) is 1. The van der Waals surface area contributed by atoms with Gasteiger partial charge in [-0.15, -0.1) is 0 Å². The van der Waals surface area contributed by atoms with Crippen LogP contribution >= 0.6 is 0 Å². The molecule has 2 aromatic rings. The van der Waals surface area contributed by atoms with Crippen molar-refractivity contribution in [2.24, 2.45) is 5.92 Å². The second-order valence-electron chi connectivity index (χ2n) is 6.52. The van der Waals surface area contributed by atoms with E-state index < -0.39 is 0 Å². The molecule has 1 saturated heterocycles. The maximum atomic E-state index is 5.20. The molecule has 0 N–H and O–H groups in total. The number of imidazole rings is 1. The minimum Gasteiger partial charge on any atom is -0.385 e. The lowest BCUT2D eigenvalue weighted by Crippen LogP contribution is -2.37. The highest BCUT2D eigenvalue weighted by Gasteiger charge is 2.21. The summed E-state index contributed by atoms with van der Waals surface area (Å²) in [4.78, 5) is 7.11. The van der Waals surface area contributed by atoms with E-state index in [0.717, 1.165) is 24.6 Å². The number of rotatable bonds is 6. The molecule has 1 fully saturated rings. The predicted molar refractivity (Wildman–Crippen MR) is 90.1 cm³/mol. The highest BCUT2D eigenvalue weighted by Crippen LogP contribution is 2.23. The van der Waals surface area contributed by atoms with Gasteiger partial charge in [-0.25, -0.2) is 4.98 Å². The number of methoxy groups -OCH3 is 1. The molecule has 4 heteroatoms. The van der Waals surface area contributed by atoms with Gasteiger partial charge in [-0.05, 0) is 57.3 Å². The number of fused-ring (bicyclic) bond motifs is 1. The molecule has 1 aromatic carbocycles. The summed E-state index contributed by atoms with van der Waals surface area (Å²) in [5.41, 5.74) is 2.33. The third kappa shape index (κ3) is 3.50. The topological polar surface area (TPSA) is 30.3 Å². The van der Waals surface area contributed by atoms with Crippen LogP contribution < -0.4 is 0 Å². The Labute approximate surface area is 133 Å². The molecule has 0 bridgehead atoms. The third-order valence-corrected chi connectivity index (χ3v) is 4.92. The molecule has 1 atom stereocenters. The first-order valence-corrected chi connectivity index (χ1v) is 8.41. The normalized spacial score (nSPS) is 18.8.